The molecule has 2 aromatic rings. The first-order chi connectivity index (χ1) is 11.3. The molecular formula is C18H22N4O. The first-order valence-corrected chi connectivity index (χ1v) is 8.05. The van der Waals surface area contributed by atoms with E-state index in [1.807, 2.05) is 54.7 Å². The summed E-state index contributed by atoms with van der Waals surface area (Å²) in [6.45, 7) is 2.16. The molecule has 0 unspecified atom stereocenters. The Bertz CT molecular complexity index is 609. The van der Waals surface area contributed by atoms with Gasteiger partial charge in [-0.05, 0) is 37.1 Å². The number of carbonyl (C=O) groups is 1. The molecule has 23 heavy (non-hydrogen) atoms. The first kappa shape index (κ1) is 15.3. The van der Waals surface area contributed by atoms with Crippen molar-refractivity contribution in [2.45, 2.75) is 18.9 Å². The van der Waals surface area contributed by atoms with E-state index in [4.69, 9.17) is 0 Å². The molecule has 0 spiro atoms. The van der Waals surface area contributed by atoms with Gasteiger partial charge in [-0.1, -0.05) is 24.3 Å². The molecule has 5 heteroatoms. The fourth-order valence-electron chi connectivity index (χ4n) is 2.81. The quantitative estimate of drug-likeness (QED) is 0.889. The van der Waals surface area contributed by atoms with E-state index in [0.717, 1.165) is 37.4 Å². The molecule has 120 valence electrons. The summed E-state index contributed by atoms with van der Waals surface area (Å²) in [5.41, 5.74) is 0.965. The summed E-state index contributed by atoms with van der Waals surface area (Å²) in [7, 11) is 0. The van der Waals surface area contributed by atoms with Crippen LogP contribution >= 0.6 is 0 Å². The lowest BCUT2D eigenvalue weighted by atomic mass is 10.0. The van der Waals surface area contributed by atoms with Crippen LogP contribution in [0.3, 0.4) is 0 Å². The monoisotopic (exact) mass is 310 g/mol. The molecule has 5 nitrogen and oxygen atoms in total. The second kappa shape index (κ2) is 7.63. The van der Waals surface area contributed by atoms with Crippen molar-refractivity contribution in [3.05, 3.63) is 54.7 Å². The Hall–Kier alpha value is -2.56. The summed E-state index contributed by atoms with van der Waals surface area (Å²) in [5, 5.41) is 6.25. The summed E-state index contributed by atoms with van der Waals surface area (Å²) in [6, 6.07) is 16.0. The van der Waals surface area contributed by atoms with Gasteiger partial charge >= 0.3 is 0 Å². The van der Waals surface area contributed by atoms with Gasteiger partial charge in [0, 0.05) is 31.0 Å². The number of nitrogens with one attached hydrogen (secondary N) is 2. The number of benzene rings is 1. The van der Waals surface area contributed by atoms with Gasteiger partial charge in [0.1, 0.15) is 5.82 Å². The molecular weight excluding hydrogens is 288 g/mol. The van der Waals surface area contributed by atoms with Gasteiger partial charge in [-0.3, -0.25) is 4.79 Å². The number of rotatable bonds is 5. The van der Waals surface area contributed by atoms with Crippen LogP contribution in [0.1, 0.15) is 12.8 Å². The highest BCUT2D eigenvalue weighted by Gasteiger charge is 2.21. The minimum Gasteiger partial charge on any atom is -0.376 e. The fourth-order valence-corrected chi connectivity index (χ4v) is 2.81. The van der Waals surface area contributed by atoms with E-state index in [1.54, 1.807) is 0 Å². The molecule has 0 radical (unpaired) electrons. The van der Waals surface area contributed by atoms with Gasteiger partial charge in [0.05, 0.1) is 6.54 Å². The van der Waals surface area contributed by atoms with Crippen molar-refractivity contribution < 1.29 is 4.79 Å². The summed E-state index contributed by atoms with van der Waals surface area (Å²) in [5.74, 6) is 1.06. The van der Waals surface area contributed by atoms with Gasteiger partial charge < -0.3 is 15.5 Å². The highest BCUT2D eigenvalue weighted by Crippen LogP contribution is 2.17. The van der Waals surface area contributed by atoms with Crippen LogP contribution in [0.4, 0.5) is 11.5 Å². The number of aromatic nitrogens is 1. The summed E-state index contributed by atoms with van der Waals surface area (Å²) in [4.78, 5) is 18.7. The average Bonchev–Trinajstić information content (AvgIpc) is 2.62. The number of para-hydroxylation sites is 1. The summed E-state index contributed by atoms with van der Waals surface area (Å²) in [6.07, 6.45) is 3.72. The number of hydrogen-bond donors (Lipinski definition) is 2. The third kappa shape index (κ3) is 4.45. The zero-order valence-corrected chi connectivity index (χ0v) is 13.1. The lowest BCUT2D eigenvalue weighted by Crippen LogP contribution is -2.46. The standard InChI is InChI=1S/C18H22N4O/c23-18(14-20-15-6-2-1-3-7-15)21-16-9-12-22(13-10-16)17-8-4-5-11-19-17/h1-8,11,16,20H,9-10,12-14H2,(H,21,23). The molecule has 1 aliphatic rings. The lowest BCUT2D eigenvalue weighted by molar-refractivity contribution is -0.120. The van der Waals surface area contributed by atoms with E-state index < -0.39 is 0 Å². The number of hydrogen-bond acceptors (Lipinski definition) is 4. The minimum atomic E-state index is 0.0464. The first-order valence-electron chi connectivity index (χ1n) is 8.05. The van der Waals surface area contributed by atoms with Gasteiger partial charge in [0.15, 0.2) is 0 Å². The maximum absolute atomic E-state index is 12.0. The third-order valence-corrected chi connectivity index (χ3v) is 4.06. The Labute approximate surface area is 136 Å². The minimum absolute atomic E-state index is 0.0464. The van der Waals surface area contributed by atoms with Crippen LogP contribution in [0.25, 0.3) is 0 Å². The molecule has 0 bridgehead atoms. The molecule has 1 saturated heterocycles. The predicted molar refractivity (Wildman–Crippen MR) is 92.5 cm³/mol. The van der Waals surface area contributed by atoms with E-state index in [-0.39, 0.29) is 11.9 Å². The highest BCUT2D eigenvalue weighted by molar-refractivity contribution is 5.81. The fraction of sp³-hybridized carbons (Fsp3) is 0.333. The number of pyridine rings is 1. The Morgan fingerprint density at radius 2 is 1.83 bits per heavy atom. The second-order valence-electron chi connectivity index (χ2n) is 5.74. The van der Waals surface area contributed by atoms with Crippen molar-refractivity contribution in [2.24, 2.45) is 0 Å². The van der Waals surface area contributed by atoms with E-state index in [1.165, 1.54) is 0 Å². The molecule has 1 aliphatic heterocycles. The van der Waals surface area contributed by atoms with Crippen molar-refractivity contribution in [3.8, 4) is 0 Å². The van der Waals surface area contributed by atoms with Crippen molar-refractivity contribution in [3.63, 3.8) is 0 Å². The van der Waals surface area contributed by atoms with Gasteiger partial charge in [-0.25, -0.2) is 4.98 Å². The van der Waals surface area contributed by atoms with Crippen LogP contribution in [0.15, 0.2) is 54.7 Å². The van der Waals surface area contributed by atoms with Gasteiger partial charge in [-0.15, -0.1) is 0 Å². The predicted octanol–water partition coefficient (Wildman–Crippen LogP) is 2.28. The molecule has 3 rings (SSSR count). The largest absolute Gasteiger partial charge is 0.376 e. The van der Waals surface area contributed by atoms with E-state index in [0.29, 0.717) is 6.54 Å². The Kier molecular flexibility index (Phi) is 5.09. The van der Waals surface area contributed by atoms with Gasteiger partial charge in [-0.2, -0.15) is 0 Å². The molecule has 0 aliphatic carbocycles. The zero-order chi connectivity index (χ0) is 15.9. The van der Waals surface area contributed by atoms with E-state index in [9.17, 15) is 4.79 Å². The van der Waals surface area contributed by atoms with Crippen LogP contribution < -0.4 is 15.5 Å². The maximum atomic E-state index is 12.0. The smallest absolute Gasteiger partial charge is 0.239 e. The number of amides is 1. The second-order valence-corrected chi connectivity index (χ2v) is 5.74. The Morgan fingerprint density at radius 3 is 2.52 bits per heavy atom. The molecule has 2 heterocycles. The van der Waals surface area contributed by atoms with Gasteiger partial charge in [0.2, 0.25) is 5.91 Å². The SMILES string of the molecule is O=C(CNc1ccccc1)NC1CCN(c2ccccn2)CC1. The summed E-state index contributed by atoms with van der Waals surface area (Å²) >= 11 is 0. The number of nitrogens with zero attached hydrogens (tertiary/aromatic N) is 2. The zero-order valence-electron chi connectivity index (χ0n) is 13.1. The summed E-state index contributed by atoms with van der Waals surface area (Å²) < 4.78 is 0. The van der Waals surface area contributed by atoms with Crippen LogP contribution in [0, 0.1) is 0 Å². The van der Waals surface area contributed by atoms with Crippen molar-refractivity contribution in [1.29, 1.82) is 0 Å². The van der Waals surface area contributed by atoms with Crippen LogP contribution in [0.5, 0.6) is 0 Å². The molecule has 1 aromatic heterocycles. The van der Waals surface area contributed by atoms with Crippen LogP contribution in [0.2, 0.25) is 0 Å². The van der Waals surface area contributed by atoms with E-state index in [2.05, 4.69) is 20.5 Å². The topological polar surface area (TPSA) is 57.3 Å². The molecule has 0 atom stereocenters. The Balaban J connectivity index is 1.41. The van der Waals surface area contributed by atoms with Gasteiger partial charge in [0.25, 0.3) is 0 Å². The van der Waals surface area contributed by atoms with Crippen molar-refractivity contribution in [1.82, 2.24) is 10.3 Å². The van der Waals surface area contributed by atoms with Crippen molar-refractivity contribution in [2.75, 3.05) is 29.9 Å². The molecule has 1 fully saturated rings. The highest BCUT2D eigenvalue weighted by atomic mass is 16.1. The number of piperidine rings is 1. The number of anilines is 2. The molecule has 0 saturated carbocycles. The normalized spacial score (nSPS) is 15.2. The maximum Gasteiger partial charge on any atom is 0.239 e. The average molecular weight is 310 g/mol. The molecule has 1 amide bonds. The third-order valence-electron chi connectivity index (χ3n) is 4.06. The van der Waals surface area contributed by atoms with Crippen LogP contribution in [-0.2, 0) is 4.79 Å². The lowest BCUT2D eigenvalue weighted by Gasteiger charge is -2.33. The van der Waals surface area contributed by atoms with Crippen LogP contribution in [-0.4, -0.2) is 36.6 Å². The molecule has 1 aromatic carbocycles. The van der Waals surface area contributed by atoms with Crippen molar-refractivity contribution >= 4 is 17.4 Å². The van der Waals surface area contributed by atoms with E-state index >= 15 is 0 Å². The Morgan fingerprint density at radius 1 is 1.09 bits per heavy atom. The number of carbonyl (C=O) groups excluding carboxylic acids is 1. The molecule has 2 N–H and O–H groups in total.